The lowest BCUT2D eigenvalue weighted by Gasteiger charge is -2.30. The van der Waals surface area contributed by atoms with Gasteiger partial charge in [-0.25, -0.2) is 18.2 Å². The van der Waals surface area contributed by atoms with E-state index >= 15 is 4.39 Å². The van der Waals surface area contributed by atoms with E-state index in [0.717, 1.165) is 48.1 Å². The van der Waals surface area contributed by atoms with Crippen molar-refractivity contribution in [2.24, 2.45) is 0 Å². The van der Waals surface area contributed by atoms with E-state index in [1.54, 1.807) is 0 Å². The number of aromatic nitrogens is 3. The number of thiazole rings is 1. The Labute approximate surface area is 268 Å². The van der Waals surface area contributed by atoms with Gasteiger partial charge in [0.1, 0.15) is 29.9 Å². The number of nitrogens with one attached hydrogen (secondary N) is 1. The first-order valence-corrected chi connectivity index (χ1v) is 16.1. The minimum Gasteiger partial charge on any atom is -0.461 e. The molecule has 244 valence electrons. The van der Waals surface area contributed by atoms with Crippen LogP contribution in [0.3, 0.4) is 0 Å². The number of nitrogens with zero attached hydrogens (tertiary/aromatic N) is 4. The molecule has 1 aliphatic carbocycles. The zero-order valence-electron chi connectivity index (χ0n) is 24.8. The van der Waals surface area contributed by atoms with Crippen LogP contribution >= 0.6 is 11.3 Å². The predicted octanol–water partition coefficient (Wildman–Crippen LogP) is 7.71. The first kappa shape index (κ1) is 30.2. The average Bonchev–Trinajstić information content (AvgIpc) is 3.33. The maximum atomic E-state index is 16.8. The fourth-order valence-electron chi connectivity index (χ4n) is 7.31. The summed E-state index contributed by atoms with van der Waals surface area (Å²) in [5.74, 6) is -1.96. The van der Waals surface area contributed by atoms with Gasteiger partial charge in [-0.3, -0.25) is 4.90 Å². The summed E-state index contributed by atoms with van der Waals surface area (Å²) in [5.41, 5.74) is 3.28. The summed E-state index contributed by atoms with van der Waals surface area (Å²) in [6.07, 6.45) is -3.48. The fraction of sp³-hybridized carbons (Fsp3) is 0.364. The van der Waals surface area contributed by atoms with Crippen molar-refractivity contribution in [3.05, 3.63) is 71.3 Å². The SMILES string of the molecule is Nc1nc2c(-c3c(C(F)(F)F)cc4c(NC5CC5c5ccccc5)nc(OC[C@@]56CCCN5C[C@H](F)C6)nc4c3F)ccc(F)c2s1. The van der Waals surface area contributed by atoms with Crippen molar-refractivity contribution in [2.45, 2.75) is 55.5 Å². The molecule has 0 amide bonds. The topological polar surface area (TPSA) is 89.2 Å². The summed E-state index contributed by atoms with van der Waals surface area (Å²) in [6.45, 7) is 1.06. The Morgan fingerprint density at radius 3 is 2.66 bits per heavy atom. The van der Waals surface area contributed by atoms with Gasteiger partial charge in [0.2, 0.25) is 0 Å². The van der Waals surface area contributed by atoms with Crippen molar-refractivity contribution in [1.29, 1.82) is 0 Å². The van der Waals surface area contributed by atoms with Crippen LogP contribution in [0.4, 0.5) is 37.3 Å². The molecule has 1 saturated carbocycles. The van der Waals surface area contributed by atoms with Gasteiger partial charge >= 0.3 is 12.2 Å². The van der Waals surface area contributed by atoms with Crippen LogP contribution < -0.4 is 15.8 Å². The molecule has 5 aromatic rings. The quantitative estimate of drug-likeness (QED) is 0.172. The molecule has 7 nitrogen and oxygen atoms in total. The molecular weight excluding hydrogens is 642 g/mol. The summed E-state index contributed by atoms with van der Waals surface area (Å²) >= 11 is 0.755. The predicted molar refractivity (Wildman–Crippen MR) is 167 cm³/mol. The Bertz CT molecular complexity index is 2020. The van der Waals surface area contributed by atoms with Gasteiger partial charge in [0.25, 0.3) is 0 Å². The fourth-order valence-corrected chi connectivity index (χ4v) is 8.07. The van der Waals surface area contributed by atoms with Gasteiger partial charge in [0.05, 0.1) is 21.3 Å². The van der Waals surface area contributed by atoms with Crippen molar-refractivity contribution < 1.29 is 31.1 Å². The van der Waals surface area contributed by atoms with E-state index in [1.807, 2.05) is 35.2 Å². The highest BCUT2D eigenvalue weighted by atomic mass is 32.1. The summed E-state index contributed by atoms with van der Waals surface area (Å²) in [7, 11) is 0. The minimum absolute atomic E-state index is 0.0119. The number of hydrogen-bond donors (Lipinski definition) is 2. The van der Waals surface area contributed by atoms with Gasteiger partial charge < -0.3 is 15.8 Å². The van der Waals surface area contributed by atoms with Crippen molar-refractivity contribution in [3.63, 3.8) is 0 Å². The minimum atomic E-state index is -5.01. The first-order chi connectivity index (χ1) is 22.5. The van der Waals surface area contributed by atoms with Gasteiger partial charge in [-0.05, 0) is 49.6 Å². The number of nitrogens with two attached hydrogens (primary N) is 1. The smallest absolute Gasteiger partial charge is 0.417 e. The second-order valence-corrected chi connectivity index (χ2v) is 13.6. The van der Waals surface area contributed by atoms with Gasteiger partial charge in [0, 0.05) is 41.4 Å². The summed E-state index contributed by atoms with van der Waals surface area (Å²) < 4.78 is 96.0. The van der Waals surface area contributed by atoms with Gasteiger partial charge in [0.15, 0.2) is 10.9 Å². The van der Waals surface area contributed by atoms with Crippen LogP contribution in [0.1, 0.15) is 42.7 Å². The molecule has 2 unspecified atom stereocenters. The molecular formula is C33H28F6N6OS. The highest BCUT2D eigenvalue weighted by molar-refractivity contribution is 7.22. The second-order valence-electron chi connectivity index (χ2n) is 12.6. The van der Waals surface area contributed by atoms with Crippen molar-refractivity contribution >= 4 is 43.4 Å². The third-order valence-corrected chi connectivity index (χ3v) is 10.5. The molecule has 3 aliphatic rings. The second kappa shape index (κ2) is 10.9. The Kier molecular flexibility index (Phi) is 7.03. The van der Waals surface area contributed by atoms with Gasteiger partial charge in [-0.15, -0.1) is 0 Å². The number of rotatable bonds is 7. The molecule has 8 rings (SSSR count). The zero-order valence-corrected chi connectivity index (χ0v) is 25.6. The molecule has 3 fully saturated rings. The van der Waals surface area contributed by atoms with E-state index in [2.05, 4.69) is 20.3 Å². The van der Waals surface area contributed by atoms with Crippen LogP contribution in [0.2, 0.25) is 0 Å². The lowest BCUT2D eigenvalue weighted by molar-refractivity contribution is -0.137. The molecule has 2 aliphatic heterocycles. The van der Waals surface area contributed by atoms with Crippen molar-refractivity contribution in [2.75, 3.05) is 30.7 Å². The summed E-state index contributed by atoms with van der Waals surface area (Å²) in [5, 5.41) is 2.95. The van der Waals surface area contributed by atoms with Crippen LogP contribution in [0.15, 0.2) is 48.5 Å². The molecule has 0 bridgehead atoms. The number of ether oxygens (including phenoxy) is 1. The number of anilines is 2. The standard InChI is InChI=1S/C33H28F6N6OS/c34-17-13-32(9-4-10-45(32)14-17)15-46-31-43-26-20(29(44-31)41-23-12-19(23)16-5-2-1-3-6-16)11-21(33(37,38)39)24(25(26)36)18-7-8-22(35)28-27(18)42-30(40)47-28/h1-3,5-8,11,17,19,23H,4,9-10,12-15H2,(H2,40,42)(H,41,43,44)/t17-,19?,23?,32+/m1/s1. The van der Waals surface area contributed by atoms with Gasteiger partial charge in [-0.2, -0.15) is 23.1 Å². The lowest BCUT2D eigenvalue weighted by atomic mass is 9.95. The molecule has 4 heterocycles. The van der Waals surface area contributed by atoms with E-state index in [4.69, 9.17) is 10.5 Å². The van der Waals surface area contributed by atoms with Crippen LogP contribution in [-0.2, 0) is 6.18 Å². The van der Waals surface area contributed by atoms with E-state index in [1.165, 1.54) is 0 Å². The van der Waals surface area contributed by atoms with E-state index in [-0.39, 0.29) is 63.1 Å². The Morgan fingerprint density at radius 1 is 1.06 bits per heavy atom. The Hall–Kier alpha value is -4.17. The van der Waals surface area contributed by atoms with Crippen LogP contribution in [0, 0.1) is 11.6 Å². The van der Waals surface area contributed by atoms with E-state index < -0.39 is 46.2 Å². The summed E-state index contributed by atoms with van der Waals surface area (Å²) in [6, 6.07) is 12.0. The molecule has 2 aromatic heterocycles. The molecule has 3 aromatic carbocycles. The number of alkyl halides is 4. The number of nitrogen functional groups attached to an aromatic ring is 1. The highest BCUT2D eigenvalue weighted by Crippen LogP contribution is 2.48. The van der Waals surface area contributed by atoms with Crippen LogP contribution in [-0.4, -0.2) is 57.3 Å². The largest absolute Gasteiger partial charge is 0.461 e. The molecule has 47 heavy (non-hydrogen) atoms. The van der Waals surface area contributed by atoms with Crippen molar-refractivity contribution in [1.82, 2.24) is 19.9 Å². The van der Waals surface area contributed by atoms with Gasteiger partial charge in [-0.1, -0.05) is 41.7 Å². The summed E-state index contributed by atoms with van der Waals surface area (Å²) in [4.78, 5) is 14.8. The third-order valence-electron chi connectivity index (χ3n) is 9.57. The molecule has 4 atom stereocenters. The Morgan fingerprint density at radius 2 is 1.87 bits per heavy atom. The van der Waals surface area contributed by atoms with Crippen molar-refractivity contribution in [3.8, 4) is 17.1 Å². The number of halogens is 6. The number of fused-ring (bicyclic) bond motifs is 3. The average molecular weight is 671 g/mol. The first-order valence-electron chi connectivity index (χ1n) is 15.3. The maximum Gasteiger partial charge on any atom is 0.417 e. The third kappa shape index (κ3) is 5.21. The number of hydrogen-bond acceptors (Lipinski definition) is 8. The monoisotopic (exact) mass is 670 g/mol. The molecule has 2 saturated heterocycles. The normalized spacial score (nSPS) is 24.3. The van der Waals surface area contributed by atoms with Crippen LogP contribution in [0.5, 0.6) is 6.01 Å². The van der Waals surface area contributed by atoms with Crippen LogP contribution in [0.25, 0.3) is 32.2 Å². The highest BCUT2D eigenvalue weighted by Gasteiger charge is 2.49. The molecule has 0 radical (unpaired) electrons. The Balaban J connectivity index is 1.27. The molecule has 3 N–H and O–H groups in total. The number of benzene rings is 3. The van der Waals surface area contributed by atoms with E-state index in [0.29, 0.717) is 19.4 Å². The molecule has 0 spiro atoms. The van der Waals surface area contributed by atoms with E-state index in [9.17, 15) is 22.0 Å². The molecule has 14 heteroatoms. The lowest BCUT2D eigenvalue weighted by Crippen LogP contribution is -2.43. The zero-order chi connectivity index (χ0) is 32.7. The maximum absolute atomic E-state index is 16.8.